The standard InChI is InChI=1S/C61H103NO8/c1-6-8-10-12-14-16-18-19-20-21-22-23-24-25-26-27-28-29-30-31-32-33-34-35-36-37-38-39-40-41-42-44-46-48-50-52-59(64)70-57(56-69-61(60(65)66)67-54-53-62(3,4)5)55-68-58(63)51-49-47-45-43-17-15-13-11-9-7-2/h8,10-11,13-14,16,19-20,22-23,25-26,28-29,31-32,57,61H,6-7,9,12,15,17-18,21,24,27,30,33-56H2,1-5H3/b10-8-,13-11-,16-14-,20-19-,23-22-,26-25-,29-28-,32-31-. The molecule has 9 nitrogen and oxygen atoms in total. The summed E-state index contributed by atoms with van der Waals surface area (Å²) in [6.45, 7) is 4.54. The van der Waals surface area contributed by atoms with Crippen molar-refractivity contribution >= 4 is 17.9 Å². The van der Waals surface area contributed by atoms with Crippen LogP contribution < -0.4 is 5.11 Å². The molecule has 0 saturated heterocycles. The fourth-order valence-electron chi connectivity index (χ4n) is 7.28. The van der Waals surface area contributed by atoms with Crippen LogP contribution in [0, 0.1) is 0 Å². The molecule has 70 heavy (non-hydrogen) atoms. The van der Waals surface area contributed by atoms with Crippen LogP contribution >= 0.6 is 0 Å². The number of quaternary nitrogens is 1. The van der Waals surface area contributed by atoms with E-state index in [2.05, 4.69) is 111 Å². The Morgan fingerprint density at radius 3 is 1.23 bits per heavy atom. The SMILES string of the molecule is CC/C=C\C/C=C\C/C=C\C/C=C\C/C=C\C/C=C\C/C=C\CCCCCCCCCCCCCCCC(=O)OC(COC(=O)CCCCCCC/C=C\CCC)COC(OCC[N+](C)(C)C)C(=O)[O-]. The molecule has 0 aliphatic rings. The van der Waals surface area contributed by atoms with Gasteiger partial charge in [-0.15, -0.1) is 0 Å². The van der Waals surface area contributed by atoms with E-state index in [-0.39, 0.29) is 38.6 Å². The molecular formula is C61H103NO8. The first kappa shape index (κ1) is 66.2. The number of carbonyl (C=O) groups excluding carboxylic acids is 3. The van der Waals surface area contributed by atoms with E-state index >= 15 is 0 Å². The Kier molecular flexibility index (Phi) is 48.8. The van der Waals surface area contributed by atoms with Crippen LogP contribution in [0.2, 0.25) is 0 Å². The Morgan fingerprint density at radius 2 is 0.814 bits per heavy atom. The molecule has 2 unspecified atom stereocenters. The van der Waals surface area contributed by atoms with Gasteiger partial charge in [-0.2, -0.15) is 0 Å². The summed E-state index contributed by atoms with van der Waals surface area (Å²) in [5.74, 6) is -2.31. The van der Waals surface area contributed by atoms with Crippen LogP contribution in [0.3, 0.4) is 0 Å². The zero-order valence-corrected chi connectivity index (χ0v) is 45.4. The lowest BCUT2D eigenvalue weighted by Gasteiger charge is -2.26. The van der Waals surface area contributed by atoms with Crippen LogP contribution in [0.15, 0.2) is 97.2 Å². The maximum Gasteiger partial charge on any atom is 0.306 e. The number of hydrogen-bond donors (Lipinski definition) is 0. The smallest absolute Gasteiger partial charge is 0.306 e. The second-order valence-corrected chi connectivity index (χ2v) is 19.5. The van der Waals surface area contributed by atoms with Crippen LogP contribution in [0.4, 0.5) is 0 Å². The third-order valence-corrected chi connectivity index (χ3v) is 11.5. The number of hydrogen-bond acceptors (Lipinski definition) is 8. The van der Waals surface area contributed by atoms with Crippen LogP contribution in [0.1, 0.15) is 213 Å². The van der Waals surface area contributed by atoms with Gasteiger partial charge in [-0.25, -0.2) is 0 Å². The van der Waals surface area contributed by atoms with E-state index in [9.17, 15) is 19.5 Å². The monoisotopic (exact) mass is 978 g/mol. The second kappa shape index (κ2) is 51.6. The number of carboxylic acids is 1. The first-order valence-electron chi connectivity index (χ1n) is 27.9. The number of rotatable bonds is 50. The number of nitrogens with zero attached hydrogens (tertiary/aromatic N) is 1. The lowest BCUT2D eigenvalue weighted by atomic mass is 10.0. The molecule has 2 atom stereocenters. The molecule has 0 aromatic carbocycles. The van der Waals surface area contributed by atoms with Gasteiger partial charge in [0.1, 0.15) is 13.2 Å². The lowest BCUT2D eigenvalue weighted by molar-refractivity contribution is -0.870. The van der Waals surface area contributed by atoms with E-state index in [0.29, 0.717) is 17.4 Å². The van der Waals surface area contributed by atoms with Crippen molar-refractivity contribution in [2.75, 3.05) is 47.5 Å². The molecule has 0 aromatic heterocycles. The Balaban J connectivity index is 4.10. The molecule has 0 aromatic rings. The predicted molar refractivity (Wildman–Crippen MR) is 292 cm³/mol. The maximum absolute atomic E-state index is 12.8. The zero-order valence-electron chi connectivity index (χ0n) is 45.4. The highest BCUT2D eigenvalue weighted by Crippen LogP contribution is 2.15. The van der Waals surface area contributed by atoms with Crippen molar-refractivity contribution in [2.24, 2.45) is 0 Å². The summed E-state index contributed by atoms with van der Waals surface area (Å²) >= 11 is 0. The van der Waals surface area contributed by atoms with Crippen molar-refractivity contribution in [3.8, 4) is 0 Å². The highest BCUT2D eigenvalue weighted by Gasteiger charge is 2.22. The molecule has 0 fully saturated rings. The van der Waals surface area contributed by atoms with Gasteiger partial charge in [0.2, 0.25) is 0 Å². The Labute approximate surface area is 429 Å². The van der Waals surface area contributed by atoms with Crippen molar-refractivity contribution in [1.82, 2.24) is 0 Å². The van der Waals surface area contributed by atoms with Crippen molar-refractivity contribution in [3.05, 3.63) is 97.2 Å². The molecule has 400 valence electrons. The summed E-state index contributed by atoms with van der Waals surface area (Å²) in [5.41, 5.74) is 0. The van der Waals surface area contributed by atoms with Gasteiger partial charge in [-0.1, -0.05) is 207 Å². The van der Waals surface area contributed by atoms with Crippen molar-refractivity contribution in [2.45, 2.75) is 225 Å². The minimum atomic E-state index is -1.63. The molecular weight excluding hydrogens is 875 g/mol. The average molecular weight is 978 g/mol. The molecule has 0 bridgehead atoms. The van der Waals surface area contributed by atoms with Gasteiger partial charge in [0.25, 0.3) is 0 Å². The summed E-state index contributed by atoms with van der Waals surface area (Å²) in [5, 5.41) is 11.7. The number of likely N-dealkylation sites (N-methyl/N-ethyl adjacent to an activating group) is 1. The van der Waals surface area contributed by atoms with Crippen LogP contribution in [-0.2, 0) is 33.3 Å². The maximum atomic E-state index is 12.8. The molecule has 0 heterocycles. The van der Waals surface area contributed by atoms with Crippen LogP contribution in [0.25, 0.3) is 0 Å². The van der Waals surface area contributed by atoms with Crippen LogP contribution in [0.5, 0.6) is 0 Å². The van der Waals surface area contributed by atoms with Crippen LogP contribution in [-0.4, -0.2) is 82.3 Å². The second-order valence-electron chi connectivity index (χ2n) is 19.5. The minimum absolute atomic E-state index is 0.143. The third kappa shape index (κ3) is 52.0. The number of allylic oxidation sites excluding steroid dienone is 16. The number of carbonyl (C=O) groups is 3. The van der Waals surface area contributed by atoms with Crippen molar-refractivity contribution < 1.29 is 42.9 Å². The fraction of sp³-hybridized carbons (Fsp3) is 0.689. The predicted octanol–water partition coefficient (Wildman–Crippen LogP) is 14.8. The quantitative estimate of drug-likeness (QED) is 0.0195. The normalized spacial score (nSPS) is 13.6. The van der Waals surface area contributed by atoms with Gasteiger partial charge in [-0.05, 0) is 89.9 Å². The van der Waals surface area contributed by atoms with Gasteiger partial charge >= 0.3 is 11.9 Å². The molecule has 0 amide bonds. The Bertz CT molecular complexity index is 1470. The van der Waals surface area contributed by atoms with Gasteiger partial charge in [0.15, 0.2) is 12.4 Å². The highest BCUT2D eigenvalue weighted by molar-refractivity contribution is 5.70. The van der Waals surface area contributed by atoms with E-state index in [1.807, 2.05) is 21.1 Å². The van der Waals surface area contributed by atoms with Gasteiger partial charge in [-0.3, -0.25) is 9.59 Å². The van der Waals surface area contributed by atoms with E-state index in [4.69, 9.17) is 18.9 Å². The summed E-state index contributed by atoms with van der Waals surface area (Å²) in [6, 6.07) is 0. The molecule has 0 N–H and O–H groups in total. The van der Waals surface area contributed by atoms with Gasteiger partial charge in [0, 0.05) is 12.8 Å². The Hall–Kier alpha value is -3.79. The summed E-state index contributed by atoms with van der Waals surface area (Å²) < 4.78 is 22.6. The number of esters is 2. The number of unbranched alkanes of at least 4 members (excludes halogenated alkanes) is 19. The molecule has 0 radical (unpaired) electrons. The largest absolute Gasteiger partial charge is 0.545 e. The van der Waals surface area contributed by atoms with Gasteiger partial charge < -0.3 is 33.3 Å². The first-order chi connectivity index (χ1) is 34.1. The summed E-state index contributed by atoms with van der Waals surface area (Å²) in [6.07, 6.45) is 66.2. The fourth-order valence-corrected chi connectivity index (χ4v) is 7.28. The molecule has 0 aliphatic carbocycles. The molecule has 9 heteroatoms. The molecule has 0 spiro atoms. The van der Waals surface area contributed by atoms with E-state index < -0.39 is 24.3 Å². The molecule has 0 aliphatic heterocycles. The third-order valence-electron chi connectivity index (χ3n) is 11.5. The topological polar surface area (TPSA) is 111 Å². The van der Waals surface area contributed by atoms with E-state index in [0.717, 1.165) is 109 Å². The highest BCUT2D eigenvalue weighted by atomic mass is 16.7. The van der Waals surface area contributed by atoms with Crippen molar-refractivity contribution in [3.63, 3.8) is 0 Å². The molecule has 0 saturated carbocycles. The first-order valence-corrected chi connectivity index (χ1v) is 27.9. The van der Waals surface area contributed by atoms with Crippen molar-refractivity contribution in [1.29, 1.82) is 0 Å². The summed E-state index contributed by atoms with van der Waals surface area (Å²) in [7, 11) is 5.90. The lowest BCUT2D eigenvalue weighted by Crippen LogP contribution is -2.44. The number of ether oxygens (including phenoxy) is 4. The molecule has 0 rings (SSSR count). The zero-order chi connectivity index (χ0) is 51.3. The minimum Gasteiger partial charge on any atom is -0.545 e. The average Bonchev–Trinajstić information content (AvgIpc) is 3.33. The summed E-state index contributed by atoms with van der Waals surface area (Å²) in [4.78, 5) is 37.1. The number of carboxylic acid groups (broad SMARTS) is 1. The van der Waals surface area contributed by atoms with E-state index in [1.165, 1.54) is 70.6 Å². The Morgan fingerprint density at radius 1 is 0.443 bits per heavy atom. The van der Waals surface area contributed by atoms with E-state index in [1.54, 1.807) is 0 Å². The number of aliphatic carboxylic acids is 1. The van der Waals surface area contributed by atoms with Gasteiger partial charge in [0.05, 0.1) is 40.3 Å².